The quantitative estimate of drug-likeness (QED) is 0.381. The third-order valence-corrected chi connectivity index (χ3v) is 5.62. The molecular weight excluding hydrogens is 310 g/mol. The summed E-state index contributed by atoms with van der Waals surface area (Å²) in [6.45, 7) is 15.9. The number of nitrogens with zero attached hydrogens (tertiary/aromatic N) is 3. The van der Waals surface area contributed by atoms with Crippen LogP contribution in [0.1, 0.15) is 59.3 Å². The van der Waals surface area contributed by atoms with Crippen LogP contribution in [0, 0.1) is 5.92 Å². The molecule has 0 spiro atoms. The molecule has 0 aromatic carbocycles. The highest BCUT2D eigenvalue weighted by Crippen LogP contribution is 2.17. The van der Waals surface area contributed by atoms with Gasteiger partial charge in [0, 0.05) is 38.8 Å². The summed E-state index contributed by atoms with van der Waals surface area (Å²) < 4.78 is 0. The van der Waals surface area contributed by atoms with Crippen LogP contribution in [-0.2, 0) is 0 Å². The SMILES string of the molecule is CCCN1CCC(CN=C(NCC)NCCCN2CCCCC2C)C1. The Bertz CT molecular complexity index is 384. The van der Waals surface area contributed by atoms with Crippen LogP contribution in [0.4, 0.5) is 0 Å². The van der Waals surface area contributed by atoms with Crippen molar-refractivity contribution in [1.82, 2.24) is 20.4 Å². The zero-order valence-electron chi connectivity index (χ0n) is 16.9. The van der Waals surface area contributed by atoms with Gasteiger partial charge in [-0.3, -0.25) is 4.99 Å². The van der Waals surface area contributed by atoms with Crippen LogP contribution in [0.2, 0.25) is 0 Å². The van der Waals surface area contributed by atoms with Gasteiger partial charge in [-0.2, -0.15) is 0 Å². The van der Waals surface area contributed by atoms with Gasteiger partial charge in [-0.05, 0) is 71.5 Å². The van der Waals surface area contributed by atoms with E-state index in [9.17, 15) is 0 Å². The topological polar surface area (TPSA) is 42.9 Å². The molecule has 0 saturated carbocycles. The first-order valence-electron chi connectivity index (χ1n) is 10.7. The third kappa shape index (κ3) is 7.53. The Hall–Kier alpha value is -0.810. The second kappa shape index (κ2) is 11.7. The number of likely N-dealkylation sites (tertiary alicyclic amines) is 2. The van der Waals surface area contributed by atoms with Crippen LogP contribution in [0.3, 0.4) is 0 Å². The molecule has 2 aliphatic heterocycles. The van der Waals surface area contributed by atoms with E-state index < -0.39 is 0 Å². The van der Waals surface area contributed by atoms with Crippen molar-refractivity contribution in [3.05, 3.63) is 0 Å². The van der Waals surface area contributed by atoms with E-state index in [1.165, 1.54) is 71.2 Å². The van der Waals surface area contributed by atoms with Gasteiger partial charge in [0.25, 0.3) is 0 Å². The highest BCUT2D eigenvalue weighted by atomic mass is 15.2. The predicted octanol–water partition coefficient (Wildman–Crippen LogP) is 2.54. The van der Waals surface area contributed by atoms with Crippen LogP contribution in [0.5, 0.6) is 0 Å². The summed E-state index contributed by atoms with van der Waals surface area (Å²) in [6.07, 6.45) is 7.91. The number of hydrogen-bond acceptors (Lipinski definition) is 3. The minimum atomic E-state index is 0.733. The van der Waals surface area contributed by atoms with Crippen molar-refractivity contribution in [2.75, 3.05) is 52.4 Å². The molecule has 2 heterocycles. The summed E-state index contributed by atoms with van der Waals surface area (Å²) >= 11 is 0. The number of aliphatic imine (C=N–C) groups is 1. The maximum absolute atomic E-state index is 4.84. The van der Waals surface area contributed by atoms with Crippen LogP contribution in [0.25, 0.3) is 0 Å². The molecular formula is C20H41N5. The van der Waals surface area contributed by atoms with Gasteiger partial charge < -0.3 is 20.4 Å². The Labute approximate surface area is 155 Å². The fourth-order valence-electron chi connectivity index (χ4n) is 4.12. The molecule has 2 unspecified atom stereocenters. The van der Waals surface area contributed by atoms with E-state index in [2.05, 4.69) is 41.2 Å². The number of guanidine groups is 1. The van der Waals surface area contributed by atoms with Crippen LogP contribution in [-0.4, -0.2) is 74.2 Å². The van der Waals surface area contributed by atoms with Gasteiger partial charge in [0.1, 0.15) is 0 Å². The normalized spacial score (nSPS) is 26.1. The minimum absolute atomic E-state index is 0.733. The molecule has 146 valence electrons. The number of hydrogen-bond donors (Lipinski definition) is 2. The van der Waals surface area contributed by atoms with E-state index in [-0.39, 0.29) is 0 Å². The molecule has 2 fully saturated rings. The Balaban J connectivity index is 1.65. The number of piperidine rings is 1. The average Bonchev–Trinajstić information content (AvgIpc) is 3.06. The molecule has 25 heavy (non-hydrogen) atoms. The first-order valence-corrected chi connectivity index (χ1v) is 10.7. The van der Waals surface area contributed by atoms with Crippen molar-refractivity contribution in [2.24, 2.45) is 10.9 Å². The molecule has 0 bridgehead atoms. The van der Waals surface area contributed by atoms with Crippen molar-refractivity contribution >= 4 is 5.96 Å². The standard InChI is InChI=1S/C20H41N5/c1-4-12-24-15-10-19(17-24)16-23-20(21-5-2)22-11-8-14-25-13-7-6-9-18(25)3/h18-19H,4-17H2,1-3H3,(H2,21,22,23). The molecule has 0 amide bonds. The van der Waals surface area contributed by atoms with Crippen LogP contribution >= 0.6 is 0 Å². The lowest BCUT2D eigenvalue weighted by molar-refractivity contribution is 0.159. The molecule has 2 rings (SSSR count). The zero-order chi connectivity index (χ0) is 17.9. The maximum atomic E-state index is 4.84. The molecule has 2 saturated heterocycles. The molecule has 0 radical (unpaired) electrons. The van der Waals surface area contributed by atoms with Gasteiger partial charge in [-0.25, -0.2) is 0 Å². The molecule has 5 heteroatoms. The van der Waals surface area contributed by atoms with Gasteiger partial charge in [-0.15, -0.1) is 0 Å². The summed E-state index contributed by atoms with van der Waals surface area (Å²) in [5.74, 6) is 1.74. The van der Waals surface area contributed by atoms with Crippen molar-refractivity contribution in [3.63, 3.8) is 0 Å². The number of rotatable bonds is 9. The van der Waals surface area contributed by atoms with E-state index in [0.29, 0.717) is 0 Å². The lowest BCUT2D eigenvalue weighted by Crippen LogP contribution is -2.41. The summed E-state index contributed by atoms with van der Waals surface area (Å²) in [4.78, 5) is 10.1. The van der Waals surface area contributed by atoms with Gasteiger partial charge >= 0.3 is 0 Å². The van der Waals surface area contributed by atoms with E-state index in [1.807, 2.05) is 0 Å². The maximum Gasteiger partial charge on any atom is 0.191 e. The second-order valence-electron chi connectivity index (χ2n) is 7.84. The van der Waals surface area contributed by atoms with Crippen molar-refractivity contribution in [3.8, 4) is 0 Å². The van der Waals surface area contributed by atoms with Gasteiger partial charge in [-0.1, -0.05) is 13.3 Å². The van der Waals surface area contributed by atoms with Gasteiger partial charge in [0.15, 0.2) is 5.96 Å². The van der Waals surface area contributed by atoms with Gasteiger partial charge in [0.05, 0.1) is 0 Å². The third-order valence-electron chi connectivity index (χ3n) is 5.62. The average molecular weight is 352 g/mol. The van der Waals surface area contributed by atoms with E-state index in [0.717, 1.165) is 37.6 Å². The predicted molar refractivity (Wildman–Crippen MR) is 108 cm³/mol. The molecule has 2 atom stereocenters. The summed E-state index contributed by atoms with van der Waals surface area (Å²) in [5, 5.41) is 6.94. The first kappa shape index (κ1) is 20.5. The van der Waals surface area contributed by atoms with Crippen molar-refractivity contribution in [1.29, 1.82) is 0 Å². The largest absolute Gasteiger partial charge is 0.357 e. The lowest BCUT2D eigenvalue weighted by atomic mass is 10.0. The Morgan fingerprint density at radius 3 is 2.72 bits per heavy atom. The molecule has 0 aliphatic carbocycles. The fraction of sp³-hybridized carbons (Fsp3) is 0.950. The van der Waals surface area contributed by atoms with Crippen molar-refractivity contribution < 1.29 is 0 Å². The van der Waals surface area contributed by atoms with Crippen LogP contribution < -0.4 is 10.6 Å². The summed E-state index contributed by atoms with van der Waals surface area (Å²) in [5.41, 5.74) is 0. The first-order chi connectivity index (χ1) is 12.2. The Morgan fingerprint density at radius 2 is 1.96 bits per heavy atom. The molecule has 0 aromatic heterocycles. The van der Waals surface area contributed by atoms with E-state index >= 15 is 0 Å². The smallest absolute Gasteiger partial charge is 0.191 e. The molecule has 5 nitrogen and oxygen atoms in total. The van der Waals surface area contributed by atoms with E-state index in [1.54, 1.807) is 0 Å². The van der Waals surface area contributed by atoms with Crippen LogP contribution in [0.15, 0.2) is 4.99 Å². The minimum Gasteiger partial charge on any atom is -0.357 e. The summed E-state index contributed by atoms with van der Waals surface area (Å²) in [7, 11) is 0. The van der Waals surface area contributed by atoms with Gasteiger partial charge in [0.2, 0.25) is 0 Å². The Morgan fingerprint density at radius 1 is 1.08 bits per heavy atom. The molecule has 2 N–H and O–H groups in total. The highest BCUT2D eigenvalue weighted by Gasteiger charge is 2.21. The summed E-state index contributed by atoms with van der Waals surface area (Å²) in [6, 6.07) is 0.768. The van der Waals surface area contributed by atoms with Crippen molar-refractivity contribution in [2.45, 2.75) is 65.3 Å². The Kier molecular flexibility index (Phi) is 9.63. The zero-order valence-corrected chi connectivity index (χ0v) is 16.9. The monoisotopic (exact) mass is 351 g/mol. The highest BCUT2D eigenvalue weighted by molar-refractivity contribution is 5.79. The molecule has 0 aromatic rings. The molecule has 2 aliphatic rings. The second-order valence-corrected chi connectivity index (χ2v) is 7.84. The number of nitrogens with one attached hydrogen (secondary N) is 2. The lowest BCUT2D eigenvalue weighted by Gasteiger charge is -2.33. The van der Waals surface area contributed by atoms with E-state index in [4.69, 9.17) is 4.99 Å². The fourth-order valence-corrected chi connectivity index (χ4v) is 4.12.